The maximum Gasteiger partial charge on any atom is 0.416 e. The Morgan fingerprint density at radius 3 is 2.48 bits per heavy atom. The van der Waals surface area contributed by atoms with Crippen LogP contribution in [-0.4, -0.2) is 17.6 Å². The minimum atomic E-state index is -4.46. The van der Waals surface area contributed by atoms with E-state index in [2.05, 4.69) is 10.6 Å². The van der Waals surface area contributed by atoms with Gasteiger partial charge in [0.25, 0.3) is 0 Å². The SMILES string of the molecule is CC(C)(CNC(=O)Nc1cccc(C(F)(F)F)c1)C(N)=S. The van der Waals surface area contributed by atoms with Gasteiger partial charge in [-0.3, -0.25) is 0 Å². The molecule has 0 atom stereocenters. The van der Waals surface area contributed by atoms with Gasteiger partial charge in [0.2, 0.25) is 0 Å². The van der Waals surface area contributed by atoms with E-state index in [1.54, 1.807) is 13.8 Å². The Bertz CT molecular complexity index is 544. The highest BCUT2D eigenvalue weighted by molar-refractivity contribution is 7.80. The Morgan fingerprint density at radius 1 is 1.33 bits per heavy atom. The zero-order valence-corrected chi connectivity index (χ0v) is 12.4. The summed E-state index contributed by atoms with van der Waals surface area (Å²) in [5.41, 5.74) is 4.15. The summed E-state index contributed by atoms with van der Waals surface area (Å²) in [4.78, 5) is 11.9. The molecule has 0 aliphatic rings. The zero-order valence-electron chi connectivity index (χ0n) is 11.5. The molecule has 0 heterocycles. The van der Waals surface area contributed by atoms with Crippen molar-refractivity contribution in [3.63, 3.8) is 0 Å². The Labute approximate surface area is 125 Å². The van der Waals surface area contributed by atoms with Crippen LogP contribution in [-0.2, 0) is 6.18 Å². The number of thiocarbonyl (C=S) groups is 1. The lowest BCUT2D eigenvalue weighted by molar-refractivity contribution is -0.137. The Kier molecular flexibility index (Phi) is 5.16. The molecule has 0 bridgehead atoms. The lowest BCUT2D eigenvalue weighted by Crippen LogP contribution is -2.42. The number of nitrogens with two attached hydrogens (primary N) is 1. The van der Waals surface area contributed by atoms with Crippen LogP contribution in [0.3, 0.4) is 0 Å². The largest absolute Gasteiger partial charge is 0.416 e. The fourth-order valence-corrected chi connectivity index (χ4v) is 1.41. The number of anilines is 1. The molecule has 8 heteroatoms. The van der Waals surface area contributed by atoms with Crippen molar-refractivity contribution in [1.29, 1.82) is 0 Å². The van der Waals surface area contributed by atoms with Crippen LogP contribution in [0, 0.1) is 5.41 Å². The van der Waals surface area contributed by atoms with Gasteiger partial charge in [-0.25, -0.2) is 4.79 Å². The molecule has 0 aromatic heterocycles. The van der Waals surface area contributed by atoms with Crippen molar-refractivity contribution >= 4 is 28.9 Å². The van der Waals surface area contributed by atoms with Crippen LogP contribution >= 0.6 is 12.2 Å². The summed E-state index contributed by atoms with van der Waals surface area (Å²) in [5, 5.41) is 4.84. The van der Waals surface area contributed by atoms with Crippen molar-refractivity contribution in [2.45, 2.75) is 20.0 Å². The molecule has 4 nitrogen and oxygen atoms in total. The van der Waals surface area contributed by atoms with E-state index in [0.29, 0.717) is 0 Å². The first-order valence-corrected chi connectivity index (χ1v) is 6.45. The van der Waals surface area contributed by atoms with Crippen LogP contribution < -0.4 is 16.4 Å². The van der Waals surface area contributed by atoms with Crippen molar-refractivity contribution < 1.29 is 18.0 Å². The van der Waals surface area contributed by atoms with Gasteiger partial charge in [0.15, 0.2) is 0 Å². The molecule has 2 amide bonds. The molecule has 0 aliphatic carbocycles. The second-order valence-corrected chi connectivity index (χ2v) is 5.57. The number of benzene rings is 1. The van der Waals surface area contributed by atoms with Crippen LogP contribution in [0.1, 0.15) is 19.4 Å². The molecule has 4 N–H and O–H groups in total. The Balaban J connectivity index is 2.66. The molecule has 116 valence electrons. The molecule has 0 aliphatic heterocycles. The topological polar surface area (TPSA) is 67.2 Å². The Morgan fingerprint density at radius 2 is 1.95 bits per heavy atom. The second kappa shape index (κ2) is 6.30. The molecular formula is C13H16F3N3OS. The van der Waals surface area contributed by atoms with E-state index in [0.717, 1.165) is 12.1 Å². The lowest BCUT2D eigenvalue weighted by atomic mass is 9.94. The molecule has 0 radical (unpaired) electrons. The average Bonchev–Trinajstić information content (AvgIpc) is 2.35. The smallest absolute Gasteiger partial charge is 0.393 e. The molecule has 0 spiro atoms. The molecule has 21 heavy (non-hydrogen) atoms. The van der Waals surface area contributed by atoms with Gasteiger partial charge < -0.3 is 16.4 Å². The van der Waals surface area contributed by atoms with Crippen LogP contribution in [0.15, 0.2) is 24.3 Å². The summed E-state index contributed by atoms with van der Waals surface area (Å²) in [5.74, 6) is 0. The monoisotopic (exact) mass is 319 g/mol. The molecule has 0 saturated heterocycles. The van der Waals surface area contributed by atoms with Crippen molar-refractivity contribution in [2.75, 3.05) is 11.9 Å². The number of carbonyl (C=O) groups is 1. The van der Waals surface area contributed by atoms with Gasteiger partial charge in [-0.1, -0.05) is 32.1 Å². The molecular weight excluding hydrogens is 303 g/mol. The fourth-order valence-electron chi connectivity index (χ4n) is 1.34. The minimum absolute atomic E-state index is 0.0513. The third-order valence-corrected chi connectivity index (χ3v) is 3.36. The summed E-state index contributed by atoms with van der Waals surface area (Å²) in [6.45, 7) is 3.67. The quantitative estimate of drug-likeness (QED) is 0.747. The van der Waals surface area contributed by atoms with Gasteiger partial charge in [0, 0.05) is 17.6 Å². The first-order chi connectivity index (χ1) is 9.52. The van der Waals surface area contributed by atoms with Gasteiger partial charge in [-0.05, 0) is 18.2 Å². The van der Waals surface area contributed by atoms with E-state index in [1.165, 1.54) is 12.1 Å². The highest BCUT2D eigenvalue weighted by Crippen LogP contribution is 2.30. The maximum atomic E-state index is 12.5. The standard InChI is InChI=1S/C13H16F3N3OS/c1-12(2,10(17)21)7-18-11(20)19-9-5-3-4-8(6-9)13(14,15)16/h3-6H,7H2,1-2H3,(H2,17,21)(H2,18,19,20). The summed E-state index contributed by atoms with van der Waals surface area (Å²) in [6, 6.07) is 3.75. The third kappa shape index (κ3) is 5.22. The van der Waals surface area contributed by atoms with Gasteiger partial charge in [-0.2, -0.15) is 13.2 Å². The predicted octanol–water partition coefficient (Wildman–Crippen LogP) is 3.14. The lowest BCUT2D eigenvalue weighted by Gasteiger charge is -2.23. The highest BCUT2D eigenvalue weighted by Gasteiger charge is 2.30. The predicted molar refractivity (Wildman–Crippen MR) is 79.0 cm³/mol. The van der Waals surface area contributed by atoms with Crippen LogP contribution in [0.25, 0.3) is 0 Å². The summed E-state index contributed by atoms with van der Waals surface area (Å²) in [7, 11) is 0. The number of amides is 2. The number of urea groups is 1. The molecule has 1 aromatic carbocycles. The van der Waals surface area contributed by atoms with Gasteiger partial charge in [0.1, 0.15) is 0 Å². The number of carbonyl (C=O) groups excluding carboxylic acids is 1. The normalized spacial score (nSPS) is 11.9. The van der Waals surface area contributed by atoms with Crippen molar-refractivity contribution in [2.24, 2.45) is 11.1 Å². The third-order valence-electron chi connectivity index (χ3n) is 2.81. The number of hydrogen-bond donors (Lipinski definition) is 3. The van der Waals surface area contributed by atoms with Crippen molar-refractivity contribution in [1.82, 2.24) is 5.32 Å². The van der Waals surface area contributed by atoms with Crippen molar-refractivity contribution in [3.8, 4) is 0 Å². The molecule has 0 fully saturated rings. The van der Waals surface area contributed by atoms with Crippen LogP contribution in [0.2, 0.25) is 0 Å². The maximum absolute atomic E-state index is 12.5. The zero-order chi connectivity index (χ0) is 16.3. The molecule has 0 saturated carbocycles. The molecule has 1 rings (SSSR count). The molecule has 0 unspecified atom stereocenters. The van der Waals surface area contributed by atoms with Crippen LogP contribution in [0.4, 0.5) is 23.7 Å². The van der Waals surface area contributed by atoms with Crippen molar-refractivity contribution in [3.05, 3.63) is 29.8 Å². The Hall–Kier alpha value is -1.83. The number of rotatable bonds is 4. The number of hydrogen-bond acceptors (Lipinski definition) is 2. The first-order valence-electron chi connectivity index (χ1n) is 6.04. The number of halogens is 3. The minimum Gasteiger partial charge on any atom is -0.393 e. The first kappa shape index (κ1) is 17.2. The molecule has 1 aromatic rings. The number of alkyl halides is 3. The number of nitrogens with one attached hydrogen (secondary N) is 2. The van der Waals surface area contributed by atoms with E-state index < -0.39 is 23.2 Å². The summed E-state index contributed by atoms with van der Waals surface area (Å²) >= 11 is 4.85. The fraction of sp³-hybridized carbons (Fsp3) is 0.385. The van der Waals surface area contributed by atoms with E-state index in [4.69, 9.17) is 18.0 Å². The summed E-state index contributed by atoms with van der Waals surface area (Å²) in [6.07, 6.45) is -4.46. The van der Waals surface area contributed by atoms with E-state index in [1.807, 2.05) is 0 Å². The van der Waals surface area contributed by atoms with Gasteiger partial charge in [-0.15, -0.1) is 0 Å². The van der Waals surface area contributed by atoms with Gasteiger partial charge >= 0.3 is 12.2 Å². The highest BCUT2D eigenvalue weighted by atomic mass is 32.1. The second-order valence-electron chi connectivity index (χ2n) is 5.13. The van der Waals surface area contributed by atoms with Gasteiger partial charge in [0.05, 0.1) is 10.6 Å². The average molecular weight is 319 g/mol. The van der Waals surface area contributed by atoms with Crippen LogP contribution in [0.5, 0.6) is 0 Å². The van der Waals surface area contributed by atoms with E-state index >= 15 is 0 Å². The van der Waals surface area contributed by atoms with E-state index in [9.17, 15) is 18.0 Å². The van der Waals surface area contributed by atoms with E-state index in [-0.39, 0.29) is 17.2 Å². The summed E-state index contributed by atoms with van der Waals surface area (Å²) < 4.78 is 37.6.